The molecule has 0 fully saturated rings. The molecule has 2 heteroatoms. The third-order valence-corrected chi connectivity index (χ3v) is 5.80. The van der Waals surface area contributed by atoms with Gasteiger partial charge in [0.05, 0.1) is 5.41 Å². The number of hydrogen-bond acceptors (Lipinski definition) is 2. The predicted octanol–water partition coefficient (Wildman–Crippen LogP) is 6.44. The average Bonchev–Trinajstić information content (AvgIpc) is 2.85. The molecule has 2 nitrogen and oxygen atoms in total. The van der Waals surface area contributed by atoms with E-state index >= 15 is 0 Å². The van der Waals surface area contributed by atoms with Gasteiger partial charge >= 0.3 is 5.97 Å². The molecule has 32 heavy (non-hydrogen) atoms. The summed E-state index contributed by atoms with van der Waals surface area (Å²) in [6.07, 6.45) is 1.85. The van der Waals surface area contributed by atoms with Gasteiger partial charge in [-0.1, -0.05) is 121 Å². The van der Waals surface area contributed by atoms with Crippen LogP contribution in [0.15, 0.2) is 121 Å². The van der Waals surface area contributed by atoms with E-state index in [4.69, 9.17) is 4.74 Å². The molecule has 0 aliphatic carbocycles. The minimum absolute atomic E-state index is 0.155. The first-order chi connectivity index (χ1) is 15.7. The summed E-state index contributed by atoms with van der Waals surface area (Å²) in [6, 6.07) is 40.6. The molecule has 4 aromatic carbocycles. The molecule has 0 atom stereocenters. The van der Waals surface area contributed by atoms with Crippen molar-refractivity contribution in [2.24, 2.45) is 5.41 Å². The summed E-state index contributed by atoms with van der Waals surface area (Å²) in [4.78, 5) is 13.8. The maximum atomic E-state index is 13.8. The van der Waals surface area contributed by atoms with Gasteiger partial charge in [-0.05, 0) is 41.5 Å². The first kappa shape index (κ1) is 21.6. The molecular weight excluding hydrogens is 392 g/mol. The highest BCUT2D eigenvalue weighted by Gasteiger charge is 2.40. The quantitative estimate of drug-likeness (QED) is 0.291. The van der Waals surface area contributed by atoms with Crippen LogP contribution in [0, 0.1) is 5.41 Å². The summed E-state index contributed by atoms with van der Waals surface area (Å²) in [5.41, 5.74) is 3.69. The Morgan fingerprint density at radius 2 is 0.812 bits per heavy atom. The van der Waals surface area contributed by atoms with Crippen LogP contribution in [-0.2, 0) is 35.4 Å². The molecule has 0 radical (unpaired) electrons. The summed E-state index contributed by atoms with van der Waals surface area (Å²) in [7, 11) is 0. The lowest BCUT2D eigenvalue weighted by atomic mass is 9.72. The van der Waals surface area contributed by atoms with Crippen LogP contribution in [0.2, 0.25) is 0 Å². The zero-order valence-electron chi connectivity index (χ0n) is 18.2. The minimum Gasteiger partial charge on any atom is -0.460 e. The van der Waals surface area contributed by atoms with E-state index in [0.29, 0.717) is 19.3 Å². The molecule has 0 aromatic heterocycles. The maximum Gasteiger partial charge on any atom is 0.313 e. The van der Waals surface area contributed by atoms with Gasteiger partial charge < -0.3 is 4.74 Å². The summed E-state index contributed by atoms with van der Waals surface area (Å²) >= 11 is 0. The van der Waals surface area contributed by atoms with Gasteiger partial charge in [-0.2, -0.15) is 0 Å². The molecular formula is C30H28O2. The minimum atomic E-state index is -0.709. The molecule has 0 unspecified atom stereocenters. The highest BCUT2D eigenvalue weighted by Crippen LogP contribution is 2.34. The summed E-state index contributed by atoms with van der Waals surface area (Å²) in [6.45, 7) is 0.278. The van der Waals surface area contributed by atoms with Gasteiger partial charge in [-0.3, -0.25) is 4.79 Å². The Hall–Kier alpha value is -3.65. The molecule has 160 valence electrons. The van der Waals surface area contributed by atoms with E-state index in [0.717, 1.165) is 22.3 Å². The van der Waals surface area contributed by atoms with E-state index in [2.05, 4.69) is 36.4 Å². The molecule has 0 saturated carbocycles. The topological polar surface area (TPSA) is 26.3 Å². The third-order valence-electron chi connectivity index (χ3n) is 5.80. The van der Waals surface area contributed by atoms with Crippen molar-refractivity contribution < 1.29 is 9.53 Å². The molecule has 0 bridgehead atoms. The van der Waals surface area contributed by atoms with Crippen molar-refractivity contribution in [2.45, 2.75) is 25.9 Å². The first-order valence-corrected chi connectivity index (χ1v) is 11.1. The second-order valence-corrected chi connectivity index (χ2v) is 8.33. The van der Waals surface area contributed by atoms with Crippen molar-refractivity contribution in [2.75, 3.05) is 0 Å². The van der Waals surface area contributed by atoms with E-state index in [1.807, 2.05) is 84.9 Å². The zero-order chi connectivity index (χ0) is 22.1. The third kappa shape index (κ3) is 5.73. The first-order valence-electron chi connectivity index (χ1n) is 11.1. The van der Waals surface area contributed by atoms with Crippen molar-refractivity contribution in [1.82, 2.24) is 0 Å². The number of esters is 1. The van der Waals surface area contributed by atoms with Crippen LogP contribution in [0.1, 0.15) is 22.3 Å². The van der Waals surface area contributed by atoms with E-state index in [9.17, 15) is 4.79 Å². The molecule has 0 N–H and O–H groups in total. The van der Waals surface area contributed by atoms with E-state index in [1.165, 1.54) is 0 Å². The number of ether oxygens (including phenoxy) is 1. The molecule has 0 spiro atoms. The largest absolute Gasteiger partial charge is 0.460 e. The lowest BCUT2D eigenvalue weighted by molar-refractivity contribution is -0.157. The number of carbonyl (C=O) groups excluding carboxylic acids is 1. The number of carbonyl (C=O) groups is 1. The Labute approximate surface area is 190 Å². The number of benzene rings is 4. The summed E-state index contributed by atoms with van der Waals surface area (Å²) < 4.78 is 5.97. The average molecular weight is 421 g/mol. The molecule has 4 rings (SSSR count). The van der Waals surface area contributed by atoms with Crippen molar-refractivity contribution >= 4 is 5.97 Å². The van der Waals surface area contributed by atoms with Crippen molar-refractivity contribution in [3.63, 3.8) is 0 Å². The highest BCUT2D eigenvalue weighted by molar-refractivity contribution is 5.78. The van der Waals surface area contributed by atoms with Crippen LogP contribution in [0.5, 0.6) is 0 Å². The molecule has 0 amide bonds. The molecule has 4 aromatic rings. The fraction of sp³-hybridized carbons (Fsp3) is 0.167. The fourth-order valence-corrected chi connectivity index (χ4v) is 4.24. The van der Waals surface area contributed by atoms with Crippen LogP contribution in [0.4, 0.5) is 0 Å². The number of hydrogen-bond donors (Lipinski definition) is 0. The smallest absolute Gasteiger partial charge is 0.313 e. The van der Waals surface area contributed by atoms with E-state index < -0.39 is 5.41 Å². The molecule has 0 heterocycles. The van der Waals surface area contributed by atoms with Crippen LogP contribution in [0.3, 0.4) is 0 Å². The second-order valence-electron chi connectivity index (χ2n) is 8.33. The lowest BCUT2D eigenvalue weighted by Gasteiger charge is -2.32. The van der Waals surface area contributed by atoms with Gasteiger partial charge in [0, 0.05) is 0 Å². The standard InChI is InChI=1S/C30H28O2/c31-29(32-24-28-19-11-4-12-20-28)30(21-25-13-5-1-6-14-25,22-26-15-7-2-8-16-26)23-27-17-9-3-10-18-27/h1-20H,21-24H2. The Morgan fingerprint density at radius 3 is 1.16 bits per heavy atom. The van der Waals surface area contributed by atoms with Crippen LogP contribution in [-0.4, -0.2) is 5.97 Å². The molecule has 0 aliphatic rings. The van der Waals surface area contributed by atoms with Crippen molar-refractivity contribution in [3.8, 4) is 0 Å². The lowest BCUT2D eigenvalue weighted by Crippen LogP contribution is -2.39. The SMILES string of the molecule is O=C(OCc1ccccc1)C(Cc1ccccc1)(Cc1ccccc1)Cc1ccccc1. The van der Waals surface area contributed by atoms with E-state index in [-0.39, 0.29) is 12.6 Å². The fourth-order valence-electron chi connectivity index (χ4n) is 4.24. The van der Waals surface area contributed by atoms with Gasteiger partial charge in [0.15, 0.2) is 0 Å². The Morgan fingerprint density at radius 1 is 0.500 bits per heavy atom. The Kier molecular flexibility index (Phi) is 7.14. The van der Waals surface area contributed by atoms with Crippen LogP contribution >= 0.6 is 0 Å². The monoisotopic (exact) mass is 420 g/mol. The normalized spacial score (nSPS) is 11.1. The van der Waals surface area contributed by atoms with Crippen molar-refractivity contribution in [3.05, 3.63) is 144 Å². The molecule has 0 aliphatic heterocycles. The van der Waals surface area contributed by atoms with Gasteiger partial charge in [0.25, 0.3) is 0 Å². The van der Waals surface area contributed by atoms with Crippen LogP contribution in [0.25, 0.3) is 0 Å². The highest BCUT2D eigenvalue weighted by atomic mass is 16.5. The van der Waals surface area contributed by atoms with E-state index in [1.54, 1.807) is 0 Å². The van der Waals surface area contributed by atoms with Gasteiger partial charge in [-0.15, -0.1) is 0 Å². The van der Waals surface area contributed by atoms with Crippen molar-refractivity contribution in [1.29, 1.82) is 0 Å². The maximum absolute atomic E-state index is 13.8. The predicted molar refractivity (Wildman–Crippen MR) is 129 cm³/mol. The van der Waals surface area contributed by atoms with Gasteiger partial charge in [0.1, 0.15) is 6.61 Å². The van der Waals surface area contributed by atoms with Crippen LogP contribution < -0.4 is 0 Å². The second kappa shape index (κ2) is 10.6. The molecule has 0 saturated heterocycles. The summed E-state index contributed by atoms with van der Waals surface area (Å²) in [5, 5.41) is 0. The van der Waals surface area contributed by atoms with Gasteiger partial charge in [0.2, 0.25) is 0 Å². The zero-order valence-corrected chi connectivity index (χ0v) is 18.2. The van der Waals surface area contributed by atoms with Gasteiger partial charge in [-0.25, -0.2) is 0 Å². The summed E-state index contributed by atoms with van der Waals surface area (Å²) in [5.74, 6) is -0.155. The Balaban J connectivity index is 1.70. The Bertz CT molecular complexity index is 989. The number of rotatable bonds is 9.